The maximum Gasteiger partial charge on any atom is 0.416 e. The zero-order valence-corrected chi connectivity index (χ0v) is 16.5. The fourth-order valence-corrected chi connectivity index (χ4v) is 3.57. The number of nitrogens with zero attached hydrogens (tertiary/aromatic N) is 3. The largest absolute Gasteiger partial charge is 0.416 e. The Morgan fingerprint density at radius 1 is 0.938 bits per heavy atom. The first-order valence-electron chi connectivity index (χ1n) is 9.72. The summed E-state index contributed by atoms with van der Waals surface area (Å²) in [5.74, 6) is 0.0240. The van der Waals surface area contributed by atoms with Crippen molar-refractivity contribution in [1.29, 1.82) is 0 Å². The highest BCUT2D eigenvalue weighted by Gasteiger charge is 2.30. The van der Waals surface area contributed by atoms with E-state index in [0.29, 0.717) is 10.9 Å². The normalized spacial score (nSPS) is 12.2. The minimum Gasteiger partial charge on any atom is -0.361 e. The highest BCUT2D eigenvalue weighted by Crippen LogP contribution is 2.32. The monoisotopic (exact) mass is 432 g/mol. The van der Waals surface area contributed by atoms with E-state index in [1.165, 1.54) is 18.3 Å². The van der Waals surface area contributed by atoms with Crippen LogP contribution < -0.4 is 5.56 Å². The minimum absolute atomic E-state index is 0.0240. The fourth-order valence-electron chi connectivity index (χ4n) is 3.57. The minimum atomic E-state index is -4.52. The van der Waals surface area contributed by atoms with E-state index in [2.05, 4.69) is 15.1 Å². The van der Waals surface area contributed by atoms with Crippen molar-refractivity contribution in [2.45, 2.75) is 6.18 Å². The van der Waals surface area contributed by atoms with Gasteiger partial charge in [-0.3, -0.25) is 4.79 Å². The van der Waals surface area contributed by atoms with Crippen LogP contribution in [0.15, 0.2) is 88.9 Å². The number of fused-ring (bicyclic) bond motifs is 2. The second-order valence-electron chi connectivity index (χ2n) is 7.18. The first kappa shape index (κ1) is 19.7. The SMILES string of the molecule is O=c1c2ccccc2nc(-c2cccc(C(F)(F)F)c2)n1N=Cc1c[nH]c2ccccc12. The quantitative estimate of drug-likeness (QED) is 0.386. The molecule has 32 heavy (non-hydrogen) atoms. The number of nitrogens with one attached hydrogen (secondary N) is 1. The average Bonchev–Trinajstić information content (AvgIpc) is 3.21. The van der Waals surface area contributed by atoms with E-state index in [1.54, 1.807) is 30.5 Å². The summed E-state index contributed by atoms with van der Waals surface area (Å²) in [7, 11) is 0. The molecule has 5 nitrogen and oxygen atoms in total. The third-order valence-corrected chi connectivity index (χ3v) is 5.14. The van der Waals surface area contributed by atoms with Gasteiger partial charge in [-0.15, -0.1) is 0 Å². The first-order valence-corrected chi connectivity index (χ1v) is 9.72. The topological polar surface area (TPSA) is 63.0 Å². The van der Waals surface area contributed by atoms with Crippen LogP contribution in [-0.4, -0.2) is 20.9 Å². The summed E-state index contributed by atoms with van der Waals surface area (Å²) < 4.78 is 40.9. The summed E-state index contributed by atoms with van der Waals surface area (Å²) in [5, 5.41) is 5.55. The van der Waals surface area contributed by atoms with Gasteiger partial charge in [0.25, 0.3) is 5.56 Å². The van der Waals surface area contributed by atoms with Crippen LogP contribution in [0.25, 0.3) is 33.2 Å². The van der Waals surface area contributed by atoms with Crippen LogP contribution in [-0.2, 0) is 6.18 Å². The van der Waals surface area contributed by atoms with Gasteiger partial charge >= 0.3 is 6.18 Å². The van der Waals surface area contributed by atoms with Gasteiger partial charge in [0.1, 0.15) is 0 Å². The lowest BCUT2D eigenvalue weighted by atomic mass is 10.1. The van der Waals surface area contributed by atoms with E-state index in [4.69, 9.17) is 0 Å². The molecule has 0 fully saturated rings. The number of benzene rings is 3. The molecule has 0 atom stereocenters. The number of aromatic nitrogens is 3. The Hall–Kier alpha value is -4.20. The van der Waals surface area contributed by atoms with Gasteiger partial charge in [0, 0.05) is 28.2 Å². The highest BCUT2D eigenvalue weighted by atomic mass is 19.4. The molecule has 1 N–H and O–H groups in total. The predicted octanol–water partition coefficient (Wildman–Crippen LogP) is 5.45. The number of alkyl halides is 3. The summed E-state index contributed by atoms with van der Waals surface area (Å²) in [6, 6.07) is 18.9. The van der Waals surface area contributed by atoms with Crippen molar-refractivity contribution in [3.05, 3.63) is 100 Å². The number of rotatable bonds is 3. The van der Waals surface area contributed by atoms with Crippen LogP contribution in [0.5, 0.6) is 0 Å². The molecule has 0 saturated carbocycles. The summed E-state index contributed by atoms with van der Waals surface area (Å²) >= 11 is 0. The van der Waals surface area contributed by atoms with Crippen molar-refractivity contribution in [2.24, 2.45) is 5.10 Å². The predicted molar refractivity (Wildman–Crippen MR) is 118 cm³/mol. The molecule has 0 amide bonds. The van der Waals surface area contributed by atoms with Crippen LogP contribution in [0.4, 0.5) is 13.2 Å². The van der Waals surface area contributed by atoms with Gasteiger partial charge in [-0.05, 0) is 30.3 Å². The van der Waals surface area contributed by atoms with Crippen molar-refractivity contribution >= 4 is 28.0 Å². The molecule has 158 valence electrons. The van der Waals surface area contributed by atoms with Crippen LogP contribution >= 0.6 is 0 Å². The molecule has 0 unspecified atom stereocenters. The molecule has 0 radical (unpaired) electrons. The number of hydrogen-bond donors (Lipinski definition) is 1. The second kappa shape index (κ2) is 7.49. The van der Waals surface area contributed by atoms with Gasteiger partial charge < -0.3 is 4.98 Å². The van der Waals surface area contributed by atoms with Gasteiger partial charge in [0.15, 0.2) is 5.82 Å². The van der Waals surface area contributed by atoms with Crippen molar-refractivity contribution in [1.82, 2.24) is 14.6 Å². The molecule has 8 heteroatoms. The molecule has 5 rings (SSSR count). The van der Waals surface area contributed by atoms with Gasteiger partial charge in [0.2, 0.25) is 0 Å². The standard InChI is InChI=1S/C24H15F3N4O/c25-24(26,27)17-7-5-6-15(12-17)22-30-21-11-4-2-9-19(21)23(32)31(22)29-14-16-13-28-20-10-3-1-8-18(16)20/h1-14,28H. The zero-order valence-electron chi connectivity index (χ0n) is 16.5. The Kier molecular flexibility index (Phi) is 4.62. The Morgan fingerprint density at radius 3 is 2.50 bits per heavy atom. The Bertz CT molecular complexity index is 1550. The van der Waals surface area contributed by atoms with E-state index in [1.807, 2.05) is 24.3 Å². The van der Waals surface area contributed by atoms with E-state index in [0.717, 1.165) is 33.3 Å². The lowest BCUT2D eigenvalue weighted by Crippen LogP contribution is -2.20. The Morgan fingerprint density at radius 2 is 1.69 bits per heavy atom. The van der Waals surface area contributed by atoms with Gasteiger partial charge in [0.05, 0.1) is 22.7 Å². The summed E-state index contributed by atoms with van der Waals surface area (Å²) in [4.78, 5) is 20.8. The molecular weight excluding hydrogens is 417 g/mol. The third kappa shape index (κ3) is 3.45. The van der Waals surface area contributed by atoms with Gasteiger partial charge in [-0.1, -0.05) is 42.5 Å². The number of hydrogen-bond acceptors (Lipinski definition) is 3. The lowest BCUT2D eigenvalue weighted by Gasteiger charge is -2.12. The fraction of sp³-hybridized carbons (Fsp3) is 0.0417. The maximum absolute atomic E-state index is 13.3. The molecule has 0 spiro atoms. The van der Waals surface area contributed by atoms with Gasteiger partial charge in [-0.25, -0.2) is 4.98 Å². The molecule has 3 aromatic carbocycles. The third-order valence-electron chi connectivity index (χ3n) is 5.14. The lowest BCUT2D eigenvalue weighted by molar-refractivity contribution is -0.137. The molecule has 2 aromatic heterocycles. The van der Waals surface area contributed by atoms with E-state index in [9.17, 15) is 18.0 Å². The molecular formula is C24H15F3N4O. The molecule has 2 heterocycles. The number of aromatic amines is 1. The number of halogens is 3. The molecule has 0 aliphatic carbocycles. The van der Waals surface area contributed by atoms with E-state index >= 15 is 0 Å². The van der Waals surface area contributed by atoms with Crippen molar-refractivity contribution in [3.63, 3.8) is 0 Å². The van der Waals surface area contributed by atoms with Crippen LogP contribution in [0.3, 0.4) is 0 Å². The molecule has 0 bridgehead atoms. The maximum atomic E-state index is 13.3. The Balaban J connectivity index is 1.73. The molecule has 5 aromatic rings. The number of H-pyrrole nitrogens is 1. The molecule has 0 aliphatic heterocycles. The summed E-state index contributed by atoms with van der Waals surface area (Å²) in [5.41, 5.74) is 0.845. The van der Waals surface area contributed by atoms with Crippen molar-refractivity contribution in [3.8, 4) is 11.4 Å². The zero-order chi connectivity index (χ0) is 22.3. The van der Waals surface area contributed by atoms with Crippen LogP contribution in [0.2, 0.25) is 0 Å². The van der Waals surface area contributed by atoms with Gasteiger partial charge in [-0.2, -0.15) is 22.9 Å². The first-order chi connectivity index (χ1) is 15.4. The van der Waals surface area contributed by atoms with Crippen LogP contribution in [0, 0.1) is 0 Å². The Labute approximate surface area is 179 Å². The van der Waals surface area contributed by atoms with E-state index < -0.39 is 17.3 Å². The smallest absolute Gasteiger partial charge is 0.361 e. The van der Waals surface area contributed by atoms with Crippen LogP contribution in [0.1, 0.15) is 11.1 Å². The average molecular weight is 432 g/mol. The second-order valence-corrected chi connectivity index (χ2v) is 7.18. The molecule has 0 saturated heterocycles. The highest BCUT2D eigenvalue weighted by molar-refractivity contribution is 5.99. The summed E-state index contributed by atoms with van der Waals surface area (Å²) in [6.07, 6.45) is -1.28. The summed E-state index contributed by atoms with van der Waals surface area (Å²) in [6.45, 7) is 0. The van der Waals surface area contributed by atoms with Crippen molar-refractivity contribution in [2.75, 3.05) is 0 Å². The number of para-hydroxylation sites is 2. The molecule has 0 aliphatic rings. The van der Waals surface area contributed by atoms with Crippen molar-refractivity contribution < 1.29 is 13.2 Å². The van der Waals surface area contributed by atoms with E-state index in [-0.39, 0.29) is 11.4 Å².